The molecule has 0 aliphatic heterocycles. The monoisotopic (exact) mass is 464 g/mol. The number of carbonyl (C=O) groups excluding carboxylic acids is 2. The van der Waals surface area contributed by atoms with Gasteiger partial charge in [-0.15, -0.1) is 10.2 Å². The second-order valence-electron chi connectivity index (χ2n) is 6.13. The van der Waals surface area contributed by atoms with Crippen LogP contribution in [0.4, 0.5) is 5.69 Å². The average Bonchev–Trinajstić information content (AvgIpc) is 3.09. The summed E-state index contributed by atoms with van der Waals surface area (Å²) in [6.45, 7) is 2.05. The molecule has 10 heteroatoms. The van der Waals surface area contributed by atoms with Crippen LogP contribution in [0.5, 0.6) is 0 Å². The van der Waals surface area contributed by atoms with Crippen molar-refractivity contribution in [3.63, 3.8) is 0 Å². The third-order valence-electron chi connectivity index (χ3n) is 4.02. The van der Waals surface area contributed by atoms with Crippen molar-refractivity contribution >= 4 is 52.5 Å². The number of ether oxygens (including phenoxy) is 1. The zero-order valence-corrected chi connectivity index (χ0v) is 18.5. The van der Waals surface area contributed by atoms with E-state index in [-0.39, 0.29) is 11.7 Å². The fourth-order valence-electron chi connectivity index (χ4n) is 2.56. The van der Waals surface area contributed by atoms with Crippen LogP contribution in [-0.4, -0.2) is 39.0 Å². The third-order valence-corrected chi connectivity index (χ3v) is 5.78. The smallest absolute Gasteiger partial charge is 0.338 e. The van der Waals surface area contributed by atoms with Gasteiger partial charge in [-0.05, 0) is 49.4 Å². The Kier molecular flexibility index (Phi) is 7.36. The molecule has 0 aliphatic carbocycles. The summed E-state index contributed by atoms with van der Waals surface area (Å²) in [7, 11) is 1.81. The first-order valence-corrected chi connectivity index (χ1v) is 10.7. The number of nitrogens with one attached hydrogen (secondary N) is 1. The van der Waals surface area contributed by atoms with Crippen LogP contribution in [0.1, 0.15) is 17.3 Å². The van der Waals surface area contributed by atoms with E-state index < -0.39 is 5.97 Å². The van der Waals surface area contributed by atoms with E-state index in [4.69, 9.17) is 27.9 Å². The number of rotatable bonds is 7. The van der Waals surface area contributed by atoms with Crippen LogP contribution in [0.3, 0.4) is 0 Å². The summed E-state index contributed by atoms with van der Waals surface area (Å²) in [4.78, 5) is 23.9. The van der Waals surface area contributed by atoms with Crippen LogP contribution in [0.25, 0.3) is 11.4 Å². The van der Waals surface area contributed by atoms with Gasteiger partial charge in [-0.3, -0.25) is 4.79 Å². The van der Waals surface area contributed by atoms with Gasteiger partial charge in [-0.2, -0.15) is 0 Å². The number of anilines is 1. The fourth-order valence-corrected chi connectivity index (χ4v) is 3.57. The number of benzene rings is 2. The molecule has 1 N–H and O–H groups in total. The quantitative estimate of drug-likeness (QED) is 0.402. The summed E-state index contributed by atoms with van der Waals surface area (Å²) in [5.74, 6) is 0.160. The highest BCUT2D eigenvalue weighted by atomic mass is 35.5. The molecule has 1 amide bonds. The molecule has 0 saturated carbocycles. The maximum atomic E-state index is 12.3. The number of hydrogen-bond acceptors (Lipinski definition) is 6. The van der Waals surface area contributed by atoms with E-state index in [1.54, 1.807) is 54.0 Å². The maximum Gasteiger partial charge on any atom is 0.338 e. The average molecular weight is 465 g/mol. The van der Waals surface area contributed by atoms with Gasteiger partial charge in [-0.25, -0.2) is 4.79 Å². The molecule has 1 aromatic heterocycles. The molecule has 3 rings (SSSR count). The highest BCUT2D eigenvalue weighted by Crippen LogP contribution is 2.29. The molecule has 0 fully saturated rings. The van der Waals surface area contributed by atoms with Crippen LogP contribution in [0.15, 0.2) is 47.6 Å². The van der Waals surface area contributed by atoms with Gasteiger partial charge in [0.1, 0.15) is 0 Å². The lowest BCUT2D eigenvalue weighted by atomic mass is 10.2. The van der Waals surface area contributed by atoms with Crippen molar-refractivity contribution in [3.05, 3.63) is 58.1 Å². The normalized spacial score (nSPS) is 10.7. The SMILES string of the molecule is CCOC(=O)c1ccc(NC(=O)CSc2nnc(-c3ccc(Cl)c(Cl)c3)n2C)cc1. The maximum absolute atomic E-state index is 12.3. The summed E-state index contributed by atoms with van der Waals surface area (Å²) in [5.41, 5.74) is 1.79. The minimum atomic E-state index is -0.397. The Hall–Kier alpha value is -2.55. The molecule has 7 nitrogen and oxygen atoms in total. The first kappa shape index (κ1) is 22.1. The lowest BCUT2D eigenvalue weighted by Crippen LogP contribution is -2.14. The number of carbonyl (C=O) groups is 2. The molecule has 0 saturated heterocycles. The fraction of sp³-hybridized carbons (Fsp3) is 0.200. The van der Waals surface area contributed by atoms with E-state index in [0.717, 1.165) is 5.56 Å². The van der Waals surface area contributed by atoms with E-state index in [2.05, 4.69) is 15.5 Å². The van der Waals surface area contributed by atoms with Gasteiger partial charge in [-0.1, -0.05) is 35.0 Å². The first-order valence-electron chi connectivity index (χ1n) is 8.93. The molecule has 0 unspecified atom stereocenters. The molecule has 2 aromatic carbocycles. The summed E-state index contributed by atoms with van der Waals surface area (Å²) in [5, 5.41) is 12.6. The Morgan fingerprint density at radius 2 is 1.83 bits per heavy atom. The highest BCUT2D eigenvalue weighted by Gasteiger charge is 2.14. The molecule has 0 radical (unpaired) electrons. The number of nitrogens with zero attached hydrogens (tertiary/aromatic N) is 3. The molecule has 3 aromatic rings. The largest absolute Gasteiger partial charge is 0.462 e. The van der Waals surface area contributed by atoms with Crippen molar-refractivity contribution < 1.29 is 14.3 Å². The van der Waals surface area contributed by atoms with E-state index >= 15 is 0 Å². The van der Waals surface area contributed by atoms with Crippen LogP contribution >= 0.6 is 35.0 Å². The summed E-state index contributed by atoms with van der Waals surface area (Å²) >= 11 is 13.3. The number of thioether (sulfide) groups is 1. The molecular formula is C20H18Cl2N4O3S. The van der Waals surface area contributed by atoms with Crippen molar-refractivity contribution in [1.29, 1.82) is 0 Å². The lowest BCUT2D eigenvalue weighted by molar-refractivity contribution is -0.113. The zero-order valence-electron chi connectivity index (χ0n) is 16.2. The molecule has 1 heterocycles. The Morgan fingerprint density at radius 1 is 1.10 bits per heavy atom. The summed E-state index contributed by atoms with van der Waals surface area (Å²) in [6, 6.07) is 11.7. The van der Waals surface area contributed by atoms with Crippen molar-refractivity contribution in [3.8, 4) is 11.4 Å². The third kappa shape index (κ3) is 5.33. The van der Waals surface area contributed by atoms with Crippen molar-refractivity contribution in [2.75, 3.05) is 17.7 Å². The molecular weight excluding hydrogens is 447 g/mol. The molecule has 0 aliphatic rings. The van der Waals surface area contributed by atoms with Gasteiger partial charge in [0.25, 0.3) is 0 Å². The second-order valence-corrected chi connectivity index (χ2v) is 7.89. The summed E-state index contributed by atoms with van der Waals surface area (Å²) < 4.78 is 6.72. The molecule has 156 valence electrons. The standard InChI is InChI=1S/C20H18Cl2N4O3S/c1-3-29-19(28)12-4-7-14(8-5-12)23-17(27)11-30-20-25-24-18(26(20)2)13-6-9-15(21)16(22)10-13/h4-10H,3,11H2,1-2H3,(H,23,27). The van der Waals surface area contributed by atoms with E-state index in [9.17, 15) is 9.59 Å². The number of aromatic nitrogens is 3. The number of hydrogen-bond donors (Lipinski definition) is 1. The van der Waals surface area contributed by atoms with Gasteiger partial charge >= 0.3 is 5.97 Å². The van der Waals surface area contributed by atoms with Crippen LogP contribution in [0, 0.1) is 0 Å². The number of esters is 1. The number of halogens is 2. The Balaban J connectivity index is 1.59. The van der Waals surface area contributed by atoms with Crippen LogP contribution in [-0.2, 0) is 16.6 Å². The predicted molar refractivity (Wildman–Crippen MR) is 118 cm³/mol. The lowest BCUT2D eigenvalue weighted by Gasteiger charge is -2.07. The van der Waals surface area contributed by atoms with Gasteiger partial charge in [0.2, 0.25) is 5.91 Å². The van der Waals surface area contributed by atoms with Gasteiger partial charge in [0.15, 0.2) is 11.0 Å². The summed E-state index contributed by atoms with van der Waals surface area (Å²) in [6.07, 6.45) is 0. The van der Waals surface area contributed by atoms with Crippen molar-refractivity contribution in [2.24, 2.45) is 7.05 Å². The molecule has 30 heavy (non-hydrogen) atoms. The first-order chi connectivity index (χ1) is 14.4. The minimum Gasteiger partial charge on any atom is -0.462 e. The van der Waals surface area contributed by atoms with E-state index in [1.807, 2.05) is 7.05 Å². The van der Waals surface area contributed by atoms with Gasteiger partial charge < -0.3 is 14.6 Å². The van der Waals surface area contributed by atoms with E-state index in [1.165, 1.54) is 11.8 Å². The molecule has 0 spiro atoms. The zero-order chi connectivity index (χ0) is 21.7. The minimum absolute atomic E-state index is 0.146. The number of amides is 1. The van der Waals surface area contributed by atoms with Gasteiger partial charge in [0, 0.05) is 18.3 Å². The topological polar surface area (TPSA) is 86.1 Å². The van der Waals surface area contributed by atoms with Crippen molar-refractivity contribution in [1.82, 2.24) is 14.8 Å². The Labute approximate surface area is 187 Å². The predicted octanol–water partition coefficient (Wildman–Crippen LogP) is 4.70. The van der Waals surface area contributed by atoms with Crippen LogP contribution in [0.2, 0.25) is 10.0 Å². The molecule has 0 atom stereocenters. The Bertz CT molecular complexity index is 1070. The van der Waals surface area contributed by atoms with E-state index in [0.29, 0.717) is 38.9 Å². The molecule has 0 bridgehead atoms. The van der Waals surface area contributed by atoms with Gasteiger partial charge in [0.05, 0.1) is 28.0 Å². The van der Waals surface area contributed by atoms with Crippen molar-refractivity contribution in [2.45, 2.75) is 12.1 Å². The second kappa shape index (κ2) is 9.97. The van der Waals surface area contributed by atoms with Crippen LogP contribution < -0.4 is 5.32 Å². The Morgan fingerprint density at radius 3 is 2.50 bits per heavy atom. The highest BCUT2D eigenvalue weighted by molar-refractivity contribution is 7.99.